The molecule has 0 fully saturated rings. The summed E-state index contributed by atoms with van der Waals surface area (Å²) >= 11 is 0. The minimum atomic E-state index is -1.83. The fraction of sp³-hybridized carbons (Fsp3) is 0.857. The molecule has 0 radical (unpaired) electrons. The van der Waals surface area contributed by atoms with Crippen LogP contribution < -0.4 is 0 Å². The lowest BCUT2D eigenvalue weighted by Gasteiger charge is -1.95. The zero-order valence-electron chi connectivity index (χ0n) is 13.6. The summed E-state index contributed by atoms with van der Waals surface area (Å²) in [6, 6.07) is 0. The highest BCUT2D eigenvalue weighted by atomic mass is 16.6. The Balaban J connectivity index is -0.0000000871. The summed E-state index contributed by atoms with van der Waals surface area (Å²) in [6.45, 7) is 13.5. The Kier molecular flexibility index (Phi) is 30.6. The highest BCUT2D eigenvalue weighted by Gasteiger charge is 1.86. The van der Waals surface area contributed by atoms with E-state index in [1.807, 2.05) is 0 Å². The van der Waals surface area contributed by atoms with Crippen molar-refractivity contribution in [1.82, 2.24) is 0 Å². The Bertz CT molecular complexity index is 172. The van der Waals surface area contributed by atoms with E-state index in [1.54, 1.807) is 0 Å². The SMILES string of the molecule is CCCC(C)C.CCCC(C)C.O=C(O)O.O=C(O)O. The number of carboxylic acid groups (broad SMARTS) is 4. The summed E-state index contributed by atoms with van der Waals surface area (Å²) in [5.41, 5.74) is 0. The van der Waals surface area contributed by atoms with E-state index >= 15 is 0 Å². The van der Waals surface area contributed by atoms with E-state index < -0.39 is 12.3 Å². The van der Waals surface area contributed by atoms with Crippen LogP contribution in [-0.4, -0.2) is 32.7 Å². The van der Waals surface area contributed by atoms with Crippen molar-refractivity contribution >= 4 is 12.3 Å². The molecular weight excluding hydrogens is 264 g/mol. The molecule has 0 rings (SSSR count). The Labute approximate surface area is 122 Å². The van der Waals surface area contributed by atoms with E-state index in [2.05, 4.69) is 41.5 Å². The average Bonchev–Trinajstić information content (AvgIpc) is 2.15. The quantitative estimate of drug-likeness (QED) is 0.557. The Morgan fingerprint density at radius 3 is 0.850 bits per heavy atom. The maximum atomic E-state index is 8.56. The molecule has 0 aromatic rings. The predicted octanol–water partition coefficient (Wildman–Crippen LogP) is 5.33. The Morgan fingerprint density at radius 2 is 0.850 bits per heavy atom. The van der Waals surface area contributed by atoms with Gasteiger partial charge in [0.2, 0.25) is 0 Å². The zero-order chi connectivity index (χ0) is 17.1. The molecule has 0 amide bonds. The molecule has 0 atom stereocenters. The minimum absolute atomic E-state index is 0.898. The van der Waals surface area contributed by atoms with Crippen molar-refractivity contribution in [3.63, 3.8) is 0 Å². The Hall–Kier alpha value is -1.46. The average molecular weight is 296 g/mol. The molecule has 0 spiro atoms. The van der Waals surface area contributed by atoms with E-state index in [1.165, 1.54) is 25.7 Å². The van der Waals surface area contributed by atoms with Gasteiger partial charge in [0.15, 0.2) is 0 Å². The lowest BCUT2D eigenvalue weighted by molar-refractivity contribution is 0.135. The van der Waals surface area contributed by atoms with Crippen LogP contribution in [0.5, 0.6) is 0 Å². The summed E-state index contributed by atoms with van der Waals surface area (Å²) in [6.07, 6.45) is 1.75. The van der Waals surface area contributed by atoms with Gasteiger partial charge in [0, 0.05) is 0 Å². The van der Waals surface area contributed by atoms with Crippen LogP contribution in [0.2, 0.25) is 0 Å². The molecule has 0 bridgehead atoms. The summed E-state index contributed by atoms with van der Waals surface area (Å²) in [4.78, 5) is 17.1. The molecule has 0 heterocycles. The molecular formula is C14H32O6. The molecule has 124 valence electrons. The highest BCUT2D eigenvalue weighted by Crippen LogP contribution is 2.00. The second-order valence-corrected chi connectivity index (χ2v) is 4.93. The lowest BCUT2D eigenvalue weighted by atomic mass is 10.1. The second-order valence-electron chi connectivity index (χ2n) is 4.93. The second kappa shape index (κ2) is 22.7. The molecule has 0 saturated carbocycles. The molecule has 0 unspecified atom stereocenters. The molecule has 0 aliphatic rings. The standard InChI is InChI=1S/2C6H14.2CH2O3/c2*1-4-5-6(2)3;2*2-1(3)4/h2*6H,4-5H2,1-3H3;2*(H2,2,3,4). The van der Waals surface area contributed by atoms with Gasteiger partial charge in [-0.05, 0) is 11.8 Å². The first kappa shape index (κ1) is 27.0. The fourth-order valence-electron chi connectivity index (χ4n) is 1.15. The monoisotopic (exact) mass is 296 g/mol. The first-order valence-electron chi connectivity index (χ1n) is 6.84. The minimum Gasteiger partial charge on any atom is -0.450 e. The molecule has 0 aromatic carbocycles. The molecule has 0 aliphatic heterocycles. The van der Waals surface area contributed by atoms with Crippen molar-refractivity contribution in [3.8, 4) is 0 Å². The van der Waals surface area contributed by atoms with Crippen molar-refractivity contribution in [2.75, 3.05) is 0 Å². The van der Waals surface area contributed by atoms with Crippen molar-refractivity contribution in [3.05, 3.63) is 0 Å². The molecule has 6 heteroatoms. The largest absolute Gasteiger partial charge is 0.503 e. The molecule has 4 N–H and O–H groups in total. The van der Waals surface area contributed by atoms with Crippen LogP contribution >= 0.6 is 0 Å². The van der Waals surface area contributed by atoms with Crippen LogP contribution in [0.1, 0.15) is 67.2 Å². The van der Waals surface area contributed by atoms with Crippen molar-refractivity contribution in [1.29, 1.82) is 0 Å². The van der Waals surface area contributed by atoms with Crippen LogP contribution in [0, 0.1) is 11.8 Å². The van der Waals surface area contributed by atoms with E-state index in [4.69, 9.17) is 30.0 Å². The smallest absolute Gasteiger partial charge is 0.450 e. The van der Waals surface area contributed by atoms with E-state index in [-0.39, 0.29) is 0 Å². The number of hydrogen-bond donors (Lipinski definition) is 4. The van der Waals surface area contributed by atoms with Crippen molar-refractivity contribution in [2.45, 2.75) is 67.2 Å². The van der Waals surface area contributed by atoms with Gasteiger partial charge in [-0.3, -0.25) is 0 Å². The number of hydrogen-bond acceptors (Lipinski definition) is 2. The lowest BCUT2D eigenvalue weighted by Crippen LogP contribution is -1.81. The Morgan fingerprint density at radius 1 is 0.700 bits per heavy atom. The summed E-state index contributed by atoms with van der Waals surface area (Å²) in [7, 11) is 0. The first-order chi connectivity index (χ1) is 9.00. The summed E-state index contributed by atoms with van der Waals surface area (Å²) in [5.74, 6) is 1.80. The van der Waals surface area contributed by atoms with E-state index in [0.29, 0.717) is 0 Å². The maximum absolute atomic E-state index is 8.56. The van der Waals surface area contributed by atoms with Gasteiger partial charge in [-0.15, -0.1) is 0 Å². The predicted molar refractivity (Wildman–Crippen MR) is 80.8 cm³/mol. The van der Waals surface area contributed by atoms with Crippen molar-refractivity contribution < 1.29 is 30.0 Å². The molecule has 0 saturated heterocycles. The maximum Gasteiger partial charge on any atom is 0.503 e. The molecule has 6 nitrogen and oxygen atoms in total. The topological polar surface area (TPSA) is 115 Å². The van der Waals surface area contributed by atoms with Crippen LogP contribution in [0.25, 0.3) is 0 Å². The number of rotatable bonds is 4. The third kappa shape index (κ3) is 194. The van der Waals surface area contributed by atoms with Crippen LogP contribution in [0.15, 0.2) is 0 Å². The van der Waals surface area contributed by atoms with Gasteiger partial charge in [-0.1, -0.05) is 67.2 Å². The normalized spacial score (nSPS) is 8.40. The van der Waals surface area contributed by atoms with Gasteiger partial charge in [0.25, 0.3) is 0 Å². The molecule has 20 heavy (non-hydrogen) atoms. The van der Waals surface area contributed by atoms with Crippen LogP contribution in [0.3, 0.4) is 0 Å². The summed E-state index contributed by atoms with van der Waals surface area (Å²) in [5, 5.41) is 27.9. The van der Waals surface area contributed by atoms with E-state index in [9.17, 15) is 0 Å². The van der Waals surface area contributed by atoms with Gasteiger partial charge in [-0.2, -0.15) is 0 Å². The van der Waals surface area contributed by atoms with Crippen LogP contribution in [0.4, 0.5) is 9.59 Å². The molecule has 0 aliphatic carbocycles. The third-order valence-electron chi connectivity index (χ3n) is 1.73. The fourth-order valence-corrected chi connectivity index (χ4v) is 1.15. The third-order valence-corrected chi connectivity index (χ3v) is 1.73. The van der Waals surface area contributed by atoms with Gasteiger partial charge >= 0.3 is 12.3 Å². The summed E-state index contributed by atoms with van der Waals surface area (Å²) < 4.78 is 0. The van der Waals surface area contributed by atoms with Crippen LogP contribution in [-0.2, 0) is 0 Å². The highest BCUT2D eigenvalue weighted by molar-refractivity contribution is 5.53. The van der Waals surface area contributed by atoms with Gasteiger partial charge in [0.05, 0.1) is 0 Å². The zero-order valence-corrected chi connectivity index (χ0v) is 13.6. The van der Waals surface area contributed by atoms with E-state index in [0.717, 1.165) is 11.8 Å². The number of carbonyl (C=O) groups is 2. The van der Waals surface area contributed by atoms with Gasteiger partial charge in [-0.25, -0.2) is 9.59 Å². The molecule has 0 aromatic heterocycles. The first-order valence-corrected chi connectivity index (χ1v) is 6.84. The van der Waals surface area contributed by atoms with Crippen molar-refractivity contribution in [2.24, 2.45) is 11.8 Å². The van der Waals surface area contributed by atoms with Gasteiger partial charge in [0.1, 0.15) is 0 Å². The van der Waals surface area contributed by atoms with Gasteiger partial charge < -0.3 is 20.4 Å².